The van der Waals surface area contributed by atoms with Gasteiger partial charge in [0.15, 0.2) is 5.65 Å². The summed E-state index contributed by atoms with van der Waals surface area (Å²) in [6.07, 6.45) is 4.77. The van der Waals surface area contributed by atoms with Gasteiger partial charge in [0.1, 0.15) is 6.10 Å². The monoisotopic (exact) mass is 560 g/mol. The number of benzene rings is 2. The first kappa shape index (κ1) is 26.6. The molecule has 2 N–H and O–H groups in total. The number of hydrogen-bond donors (Lipinski definition) is 2. The van der Waals surface area contributed by atoms with E-state index in [0.717, 1.165) is 48.5 Å². The lowest BCUT2D eigenvalue weighted by Crippen LogP contribution is -2.42. The van der Waals surface area contributed by atoms with Crippen LogP contribution in [-0.2, 0) is 10.3 Å². The number of nitrogens with one attached hydrogen (secondary N) is 1. The van der Waals surface area contributed by atoms with Crippen LogP contribution in [0.5, 0.6) is 0 Å². The molecular formula is C30H33ClN6O3. The molecule has 208 valence electrons. The van der Waals surface area contributed by atoms with Gasteiger partial charge in [0.05, 0.1) is 16.9 Å². The molecule has 0 amide bonds. The minimum Gasteiger partial charge on any atom is -0.459 e. The fraction of sp³-hybridized carbons (Fsp3) is 0.367. The van der Waals surface area contributed by atoms with Gasteiger partial charge in [-0.3, -0.25) is 0 Å². The number of carbonyl (C=O) groups is 1. The molecule has 2 aromatic heterocycles. The van der Waals surface area contributed by atoms with Crippen LogP contribution in [-0.4, -0.2) is 69.9 Å². The Hall–Kier alpha value is -3.66. The molecule has 0 saturated carbocycles. The number of pyridine rings is 1. The average molecular weight is 561 g/mol. The van der Waals surface area contributed by atoms with Gasteiger partial charge in [0, 0.05) is 43.1 Å². The van der Waals surface area contributed by atoms with E-state index in [1.165, 1.54) is 0 Å². The Kier molecular flexibility index (Phi) is 7.35. The number of aromatic nitrogens is 3. The molecule has 4 heterocycles. The summed E-state index contributed by atoms with van der Waals surface area (Å²) in [5, 5.41) is 19.8. The molecule has 0 aliphatic carbocycles. The lowest BCUT2D eigenvalue weighted by Gasteiger charge is -2.39. The van der Waals surface area contributed by atoms with Gasteiger partial charge in [0.2, 0.25) is 5.95 Å². The molecule has 0 radical (unpaired) electrons. The molecule has 9 nitrogen and oxygen atoms in total. The summed E-state index contributed by atoms with van der Waals surface area (Å²) in [6, 6.07) is 18.6. The van der Waals surface area contributed by atoms with Crippen LogP contribution in [0.25, 0.3) is 5.65 Å². The van der Waals surface area contributed by atoms with Crippen LogP contribution < -0.4 is 10.2 Å². The van der Waals surface area contributed by atoms with E-state index in [-0.39, 0.29) is 12.1 Å². The lowest BCUT2D eigenvalue weighted by atomic mass is 9.84. The number of esters is 1. The largest absolute Gasteiger partial charge is 0.459 e. The third-order valence-corrected chi connectivity index (χ3v) is 8.22. The number of fused-ring (bicyclic) bond motifs is 1. The lowest BCUT2D eigenvalue weighted by molar-refractivity contribution is 0.0117. The van der Waals surface area contributed by atoms with Crippen LogP contribution >= 0.6 is 11.6 Å². The van der Waals surface area contributed by atoms with Crippen molar-refractivity contribution in [2.24, 2.45) is 0 Å². The fourth-order valence-corrected chi connectivity index (χ4v) is 5.63. The number of piperidine rings is 2. The quantitative estimate of drug-likeness (QED) is 0.323. The van der Waals surface area contributed by atoms with Crippen LogP contribution in [0, 0.1) is 0 Å². The first-order valence-corrected chi connectivity index (χ1v) is 14.1. The van der Waals surface area contributed by atoms with Crippen molar-refractivity contribution >= 4 is 40.5 Å². The van der Waals surface area contributed by atoms with Crippen molar-refractivity contribution in [2.75, 3.05) is 43.4 Å². The number of hydrogen-bond acceptors (Lipinski definition) is 8. The molecule has 4 aromatic rings. The molecule has 6 rings (SSSR count). The van der Waals surface area contributed by atoms with Crippen LogP contribution in [0.3, 0.4) is 0 Å². The van der Waals surface area contributed by atoms with Gasteiger partial charge < -0.3 is 25.0 Å². The van der Waals surface area contributed by atoms with Crippen molar-refractivity contribution in [3.63, 3.8) is 0 Å². The van der Waals surface area contributed by atoms with Crippen molar-refractivity contribution in [1.29, 1.82) is 0 Å². The Morgan fingerprint density at radius 1 is 1.02 bits per heavy atom. The van der Waals surface area contributed by atoms with Crippen molar-refractivity contribution in [1.82, 2.24) is 19.5 Å². The Balaban J connectivity index is 1.11. The first-order valence-electron chi connectivity index (χ1n) is 13.7. The summed E-state index contributed by atoms with van der Waals surface area (Å²) in [5.41, 5.74) is 3.02. The number of ether oxygens (including phenoxy) is 1. The molecule has 10 heteroatoms. The smallest absolute Gasteiger partial charge is 0.338 e. The summed E-state index contributed by atoms with van der Waals surface area (Å²) in [6.45, 7) is 3.25. The van der Waals surface area contributed by atoms with Crippen molar-refractivity contribution in [3.8, 4) is 0 Å². The number of anilines is 3. The Morgan fingerprint density at radius 3 is 2.42 bits per heavy atom. The molecule has 0 bridgehead atoms. The number of likely N-dealkylation sites (tertiary alicyclic amines) is 1. The van der Waals surface area contributed by atoms with Crippen molar-refractivity contribution in [3.05, 3.63) is 83.0 Å². The van der Waals surface area contributed by atoms with Gasteiger partial charge in [0.25, 0.3) is 0 Å². The second-order valence-corrected chi connectivity index (χ2v) is 11.2. The minimum atomic E-state index is -0.877. The molecule has 2 aliphatic heterocycles. The van der Waals surface area contributed by atoms with Crippen LogP contribution in [0.4, 0.5) is 17.3 Å². The molecule has 40 heavy (non-hydrogen) atoms. The maximum atomic E-state index is 12.6. The maximum Gasteiger partial charge on any atom is 0.338 e. The first-order chi connectivity index (χ1) is 19.4. The average Bonchev–Trinajstić information content (AvgIpc) is 3.38. The molecule has 2 saturated heterocycles. The molecular weight excluding hydrogens is 528 g/mol. The molecule has 0 unspecified atom stereocenters. The van der Waals surface area contributed by atoms with Gasteiger partial charge in [-0.1, -0.05) is 23.7 Å². The van der Waals surface area contributed by atoms with Gasteiger partial charge in [-0.25, -0.2) is 9.31 Å². The summed E-state index contributed by atoms with van der Waals surface area (Å²) in [7, 11) is 2.08. The third-order valence-electron chi connectivity index (χ3n) is 7.97. The van der Waals surface area contributed by atoms with E-state index in [1.54, 1.807) is 16.6 Å². The van der Waals surface area contributed by atoms with Crippen LogP contribution in [0.15, 0.2) is 66.9 Å². The zero-order valence-corrected chi connectivity index (χ0v) is 23.2. The van der Waals surface area contributed by atoms with Gasteiger partial charge >= 0.3 is 5.97 Å². The van der Waals surface area contributed by atoms with Crippen LogP contribution in [0.2, 0.25) is 5.02 Å². The predicted octanol–water partition coefficient (Wildman–Crippen LogP) is 4.87. The van der Waals surface area contributed by atoms with E-state index in [0.29, 0.717) is 42.5 Å². The molecule has 2 aliphatic rings. The highest BCUT2D eigenvalue weighted by Gasteiger charge is 2.34. The molecule has 2 aromatic carbocycles. The molecule has 0 spiro atoms. The summed E-state index contributed by atoms with van der Waals surface area (Å²) >= 11 is 6.03. The van der Waals surface area contributed by atoms with Crippen molar-refractivity contribution in [2.45, 2.75) is 37.4 Å². The zero-order chi connectivity index (χ0) is 27.7. The number of carbonyl (C=O) groups excluding carboxylic acids is 1. The van der Waals surface area contributed by atoms with Crippen LogP contribution in [0.1, 0.15) is 41.6 Å². The van der Waals surface area contributed by atoms with Gasteiger partial charge in [-0.2, -0.15) is 4.98 Å². The highest BCUT2D eigenvalue weighted by atomic mass is 35.5. The Labute approximate surface area is 238 Å². The molecule has 2 fully saturated rings. The Bertz CT molecular complexity index is 1470. The second kappa shape index (κ2) is 11.1. The standard InChI is InChI=1S/C30H33ClN6O3/c1-35-17-12-25(13-18-35)40-28(38)21-4-10-24(11-5-21)32-29-33-27-26(3-2-16-37(27)34-29)36-19-14-30(39,15-20-36)22-6-8-23(31)9-7-22/h2-11,16,25,39H,12-15,17-20H2,1H3,(H,32,34). The van der Waals surface area contributed by atoms with E-state index in [1.807, 2.05) is 54.7 Å². The maximum absolute atomic E-state index is 12.6. The SMILES string of the molecule is CN1CCC(OC(=O)c2ccc(Nc3nc4c(N5CCC(O)(c6ccc(Cl)cc6)CC5)cccn4n3)cc2)CC1. The van der Waals surface area contributed by atoms with E-state index >= 15 is 0 Å². The number of rotatable bonds is 6. The number of aliphatic hydroxyl groups is 1. The second-order valence-electron chi connectivity index (χ2n) is 10.7. The van der Waals surface area contributed by atoms with E-state index in [4.69, 9.17) is 21.3 Å². The Morgan fingerprint density at radius 2 is 1.73 bits per heavy atom. The van der Waals surface area contributed by atoms with Crippen molar-refractivity contribution < 1.29 is 14.6 Å². The van der Waals surface area contributed by atoms with Gasteiger partial charge in [-0.15, -0.1) is 5.10 Å². The van der Waals surface area contributed by atoms with Gasteiger partial charge in [-0.05, 0) is 86.8 Å². The van der Waals surface area contributed by atoms with E-state index in [2.05, 4.69) is 27.3 Å². The highest BCUT2D eigenvalue weighted by molar-refractivity contribution is 6.30. The fourth-order valence-electron chi connectivity index (χ4n) is 5.50. The summed E-state index contributed by atoms with van der Waals surface area (Å²) in [5.74, 6) is 0.171. The van der Waals surface area contributed by atoms with E-state index < -0.39 is 5.60 Å². The minimum absolute atomic E-state index is 0.0241. The number of halogens is 1. The summed E-state index contributed by atoms with van der Waals surface area (Å²) < 4.78 is 7.45. The number of nitrogens with zero attached hydrogens (tertiary/aromatic N) is 5. The predicted molar refractivity (Wildman–Crippen MR) is 155 cm³/mol. The zero-order valence-electron chi connectivity index (χ0n) is 22.5. The summed E-state index contributed by atoms with van der Waals surface area (Å²) in [4.78, 5) is 21.8. The topological polar surface area (TPSA) is 95.2 Å². The highest BCUT2D eigenvalue weighted by Crippen LogP contribution is 2.36. The van der Waals surface area contributed by atoms with E-state index in [9.17, 15) is 9.90 Å². The third kappa shape index (κ3) is 5.63. The normalized spacial score (nSPS) is 18.1. The molecule has 0 atom stereocenters.